The Morgan fingerprint density at radius 1 is 0.900 bits per heavy atom. The number of benzene rings is 2. The summed E-state index contributed by atoms with van der Waals surface area (Å²) in [5.74, 6) is 0.802. The van der Waals surface area contributed by atoms with Gasteiger partial charge in [0.15, 0.2) is 5.01 Å². The molecule has 3 aromatic rings. The van der Waals surface area contributed by atoms with Crippen LogP contribution in [-0.2, 0) is 6.61 Å². The van der Waals surface area contributed by atoms with Gasteiger partial charge in [-0.25, -0.2) is 0 Å². The van der Waals surface area contributed by atoms with Crippen molar-refractivity contribution in [3.63, 3.8) is 0 Å². The van der Waals surface area contributed by atoms with Crippen LogP contribution in [0, 0.1) is 0 Å². The number of halogens is 1. The van der Waals surface area contributed by atoms with Crippen molar-refractivity contribution in [2.45, 2.75) is 6.61 Å². The van der Waals surface area contributed by atoms with Crippen molar-refractivity contribution in [3.05, 3.63) is 64.1 Å². The van der Waals surface area contributed by atoms with Gasteiger partial charge in [-0.15, -0.1) is 10.2 Å². The van der Waals surface area contributed by atoms with E-state index in [1.54, 1.807) is 0 Å². The van der Waals surface area contributed by atoms with Gasteiger partial charge in [0.1, 0.15) is 12.4 Å². The zero-order chi connectivity index (χ0) is 13.8. The molecule has 1 heterocycles. The summed E-state index contributed by atoms with van der Waals surface area (Å²) in [4.78, 5) is 0. The van der Waals surface area contributed by atoms with E-state index >= 15 is 0 Å². The highest BCUT2D eigenvalue weighted by atomic mass is 35.5. The van der Waals surface area contributed by atoms with E-state index in [-0.39, 0.29) is 0 Å². The van der Waals surface area contributed by atoms with Crippen LogP contribution >= 0.6 is 22.9 Å². The molecule has 0 fully saturated rings. The molecule has 0 unspecified atom stereocenters. The first-order chi connectivity index (χ1) is 9.81. The molecule has 0 radical (unpaired) electrons. The van der Waals surface area contributed by atoms with E-state index < -0.39 is 0 Å². The van der Waals surface area contributed by atoms with Gasteiger partial charge in [-0.3, -0.25) is 0 Å². The van der Waals surface area contributed by atoms with Crippen LogP contribution in [-0.4, -0.2) is 10.2 Å². The predicted octanol–water partition coefficient (Wildman–Crippen LogP) is 4.44. The number of hydrogen-bond acceptors (Lipinski definition) is 4. The minimum absolute atomic E-state index is 0.384. The van der Waals surface area contributed by atoms with Crippen LogP contribution in [0.4, 0.5) is 0 Å². The maximum absolute atomic E-state index is 5.72. The standard InChI is InChI=1S/C15H11ClN2OS/c16-15-18-17-14(20-15)10-19-13-8-6-12(7-9-13)11-4-2-1-3-5-11/h1-9H,10H2. The van der Waals surface area contributed by atoms with E-state index in [1.807, 2.05) is 42.5 Å². The Morgan fingerprint density at radius 2 is 1.60 bits per heavy atom. The van der Waals surface area contributed by atoms with Crippen LogP contribution in [0.5, 0.6) is 5.75 Å². The van der Waals surface area contributed by atoms with Crippen LogP contribution in [0.3, 0.4) is 0 Å². The van der Waals surface area contributed by atoms with Crippen molar-refractivity contribution in [2.75, 3.05) is 0 Å². The molecule has 3 rings (SSSR count). The van der Waals surface area contributed by atoms with E-state index in [4.69, 9.17) is 16.3 Å². The van der Waals surface area contributed by atoms with E-state index in [1.165, 1.54) is 16.9 Å². The lowest BCUT2D eigenvalue weighted by atomic mass is 10.1. The van der Waals surface area contributed by atoms with Crippen molar-refractivity contribution in [1.82, 2.24) is 10.2 Å². The molecule has 0 aliphatic rings. The third kappa shape index (κ3) is 3.15. The Balaban J connectivity index is 1.67. The Hall–Kier alpha value is -1.91. The van der Waals surface area contributed by atoms with Crippen molar-refractivity contribution in [2.24, 2.45) is 0 Å². The fourth-order valence-electron chi connectivity index (χ4n) is 1.81. The SMILES string of the molecule is Clc1nnc(COc2ccc(-c3ccccc3)cc2)s1. The van der Waals surface area contributed by atoms with Crippen molar-refractivity contribution < 1.29 is 4.74 Å². The lowest BCUT2D eigenvalue weighted by molar-refractivity contribution is 0.304. The molecule has 0 bridgehead atoms. The van der Waals surface area contributed by atoms with Gasteiger partial charge in [-0.1, -0.05) is 53.8 Å². The molecular weight excluding hydrogens is 292 g/mol. The summed E-state index contributed by atoms with van der Waals surface area (Å²) in [6, 6.07) is 18.2. The van der Waals surface area contributed by atoms with Gasteiger partial charge in [-0.05, 0) is 34.9 Å². The van der Waals surface area contributed by atoms with Crippen LogP contribution in [0.15, 0.2) is 54.6 Å². The summed E-state index contributed by atoms with van der Waals surface area (Å²) in [5.41, 5.74) is 2.35. The molecule has 3 nitrogen and oxygen atoms in total. The molecule has 0 spiro atoms. The molecule has 0 amide bonds. The first kappa shape index (κ1) is 13.1. The molecular formula is C15H11ClN2OS. The van der Waals surface area contributed by atoms with E-state index in [2.05, 4.69) is 22.3 Å². The van der Waals surface area contributed by atoms with Crippen LogP contribution < -0.4 is 4.74 Å². The smallest absolute Gasteiger partial charge is 0.207 e. The predicted molar refractivity (Wildman–Crippen MR) is 81.1 cm³/mol. The molecule has 0 saturated heterocycles. The Morgan fingerprint density at radius 3 is 2.25 bits per heavy atom. The van der Waals surface area contributed by atoms with Gasteiger partial charge >= 0.3 is 0 Å². The largest absolute Gasteiger partial charge is 0.486 e. The Kier molecular flexibility index (Phi) is 3.95. The van der Waals surface area contributed by atoms with Gasteiger partial charge < -0.3 is 4.74 Å². The van der Waals surface area contributed by atoms with Gasteiger partial charge in [0.2, 0.25) is 4.47 Å². The topological polar surface area (TPSA) is 35.0 Å². The van der Waals surface area contributed by atoms with Crippen LogP contribution in [0.25, 0.3) is 11.1 Å². The highest BCUT2D eigenvalue weighted by Gasteiger charge is 2.03. The van der Waals surface area contributed by atoms with Gasteiger partial charge in [0.05, 0.1) is 0 Å². The molecule has 0 atom stereocenters. The lowest BCUT2D eigenvalue weighted by Crippen LogP contribution is -1.94. The summed E-state index contributed by atoms with van der Waals surface area (Å²) in [7, 11) is 0. The third-order valence-electron chi connectivity index (χ3n) is 2.77. The highest BCUT2D eigenvalue weighted by molar-refractivity contribution is 7.15. The van der Waals surface area contributed by atoms with Crippen molar-refractivity contribution in [3.8, 4) is 16.9 Å². The molecule has 20 heavy (non-hydrogen) atoms. The molecule has 2 aromatic carbocycles. The first-order valence-electron chi connectivity index (χ1n) is 6.07. The van der Waals surface area contributed by atoms with Gasteiger partial charge in [-0.2, -0.15) is 0 Å². The first-order valence-corrected chi connectivity index (χ1v) is 7.27. The Bertz CT molecular complexity index is 683. The zero-order valence-corrected chi connectivity index (χ0v) is 12.1. The molecule has 0 saturated carbocycles. The van der Waals surface area contributed by atoms with E-state index in [9.17, 15) is 0 Å². The number of aromatic nitrogens is 2. The molecule has 0 aliphatic carbocycles. The number of rotatable bonds is 4. The van der Waals surface area contributed by atoms with Crippen LogP contribution in [0.1, 0.15) is 5.01 Å². The van der Waals surface area contributed by atoms with Crippen LogP contribution in [0.2, 0.25) is 4.47 Å². The maximum atomic E-state index is 5.72. The number of ether oxygens (including phenoxy) is 1. The highest BCUT2D eigenvalue weighted by Crippen LogP contribution is 2.23. The molecule has 0 aliphatic heterocycles. The minimum atomic E-state index is 0.384. The fraction of sp³-hybridized carbons (Fsp3) is 0.0667. The second-order valence-corrected chi connectivity index (χ2v) is 5.77. The normalized spacial score (nSPS) is 10.4. The molecule has 100 valence electrons. The average Bonchev–Trinajstić information content (AvgIpc) is 2.92. The zero-order valence-electron chi connectivity index (χ0n) is 10.5. The summed E-state index contributed by atoms with van der Waals surface area (Å²) in [5, 5.41) is 8.41. The van der Waals surface area contributed by atoms with Crippen molar-refractivity contribution >= 4 is 22.9 Å². The average molecular weight is 303 g/mol. The summed E-state index contributed by atoms with van der Waals surface area (Å²) < 4.78 is 6.08. The quantitative estimate of drug-likeness (QED) is 0.715. The molecule has 0 N–H and O–H groups in total. The van der Waals surface area contributed by atoms with E-state index in [0.29, 0.717) is 11.1 Å². The second kappa shape index (κ2) is 6.03. The Labute approximate surface area is 125 Å². The maximum Gasteiger partial charge on any atom is 0.207 e. The number of nitrogens with zero attached hydrogens (tertiary/aromatic N) is 2. The molecule has 5 heteroatoms. The van der Waals surface area contributed by atoms with E-state index in [0.717, 1.165) is 16.3 Å². The van der Waals surface area contributed by atoms with Crippen molar-refractivity contribution in [1.29, 1.82) is 0 Å². The monoisotopic (exact) mass is 302 g/mol. The minimum Gasteiger partial charge on any atom is -0.486 e. The summed E-state index contributed by atoms with van der Waals surface area (Å²) in [6.07, 6.45) is 0. The second-order valence-electron chi connectivity index (χ2n) is 4.13. The fourth-order valence-corrected chi connectivity index (χ4v) is 2.59. The third-order valence-corrected chi connectivity index (χ3v) is 3.76. The lowest BCUT2D eigenvalue weighted by Gasteiger charge is -2.05. The van der Waals surface area contributed by atoms with Gasteiger partial charge in [0, 0.05) is 0 Å². The number of hydrogen-bond donors (Lipinski definition) is 0. The van der Waals surface area contributed by atoms with Gasteiger partial charge in [0.25, 0.3) is 0 Å². The summed E-state index contributed by atoms with van der Waals surface area (Å²) >= 11 is 7.05. The molecule has 1 aromatic heterocycles. The summed E-state index contributed by atoms with van der Waals surface area (Å²) in [6.45, 7) is 0.384.